The molecule has 0 aliphatic rings. The summed E-state index contributed by atoms with van der Waals surface area (Å²) in [6, 6.07) is 7.40. The minimum absolute atomic E-state index is 0.240. The molecule has 0 aliphatic heterocycles. The molecule has 128 valence electrons. The molecule has 0 radical (unpaired) electrons. The van der Waals surface area contributed by atoms with Gasteiger partial charge in [-0.3, -0.25) is 4.79 Å². The van der Waals surface area contributed by atoms with Gasteiger partial charge in [-0.15, -0.1) is 0 Å². The molecule has 1 heterocycles. The van der Waals surface area contributed by atoms with Crippen molar-refractivity contribution in [3.63, 3.8) is 0 Å². The maximum absolute atomic E-state index is 12.0. The molecule has 2 rings (SSSR count). The highest BCUT2D eigenvalue weighted by atomic mass is 16.5. The largest absolute Gasteiger partial charge is 0.497 e. The quantitative estimate of drug-likeness (QED) is 0.753. The van der Waals surface area contributed by atoms with Crippen LogP contribution in [0.2, 0.25) is 0 Å². The molecule has 0 amide bonds. The molecular formula is C17H20N2O5. The number of rotatable bonds is 6. The van der Waals surface area contributed by atoms with E-state index in [1.165, 1.54) is 13.2 Å². The maximum Gasteiger partial charge on any atom is 0.330 e. The summed E-state index contributed by atoms with van der Waals surface area (Å²) in [5, 5.41) is 4.29. The standard InChI is InChI=1S/C17H20N2O5/c1-5-24-17(21)11(2)19-16(20)9-8-14(18-19)13-7-6-12(22-3)10-15(13)23-4/h6-11H,5H2,1-4H3/t11-/m1/s1. The average molecular weight is 332 g/mol. The van der Waals surface area contributed by atoms with E-state index in [0.717, 1.165) is 4.68 Å². The second kappa shape index (κ2) is 7.63. The Morgan fingerprint density at radius 1 is 1.21 bits per heavy atom. The van der Waals surface area contributed by atoms with Crippen molar-refractivity contribution in [2.24, 2.45) is 0 Å². The van der Waals surface area contributed by atoms with Crippen molar-refractivity contribution in [2.45, 2.75) is 19.9 Å². The predicted molar refractivity (Wildman–Crippen MR) is 88.4 cm³/mol. The van der Waals surface area contributed by atoms with E-state index in [-0.39, 0.29) is 12.2 Å². The Kier molecular flexibility index (Phi) is 5.57. The Hall–Kier alpha value is -2.83. The van der Waals surface area contributed by atoms with Crippen molar-refractivity contribution in [1.29, 1.82) is 0 Å². The predicted octanol–water partition coefficient (Wildman–Crippen LogP) is 2.05. The normalized spacial score (nSPS) is 11.7. The summed E-state index contributed by atoms with van der Waals surface area (Å²) in [6.07, 6.45) is 0. The Morgan fingerprint density at radius 3 is 2.58 bits per heavy atom. The van der Waals surface area contributed by atoms with Gasteiger partial charge in [-0.25, -0.2) is 9.48 Å². The van der Waals surface area contributed by atoms with Gasteiger partial charge in [0.25, 0.3) is 5.56 Å². The molecule has 0 saturated heterocycles. The number of ether oxygens (including phenoxy) is 3. The van der Waals surface area contributed by atoms with Crippen molar-refractivity contribution in [3.8, 4) is 22.8 Å². The van der Waals surface area contributed by atoms with Crippen LogP contribution in [-0.4, -0.2) is 36.6 Å². The summed E-state index contributed by atoms with van der Waals surface area (Å²) in [6.45, 7) is 3.52. The van der Waals surface area contributed by atoms with Crippen molar-refractivity contribution in [1.82, 2.24) is 9.78 Å². The molecule has 0 spiro atoms. The molecule has 24 heavy (non-hydrogen) atoms. The van der Waals surface area contributed by atoms with E-state index in [1.807, 2.05) is 0 Å². The molecule has 1 atom stereocenters. The molecule has 0 bridgehead atoms. The van der Waals surface area contributed by atoms with Crippen LogP contribution in [0.3, 0.4) is 0 Å². The van der Waals surface area contributed by atoms with E-state index in [1.54, 1.807) is 45.2 Å². The first-order chi connectivity index (χ1) is 11.5. The lowest BCUT2D eigenvalue weighted by Crippen LogP contribution is -2.31. The van der Waals surface area contributed by atoms with Gasteiger partial charge in [0.15, 0.2) is 6.04 Å². The molecule has 1 aromatic carbocycles. The maximum atomic E-state index is 12.0. The highest BCUT2D eigenvalue weighted by molar-refractivity contribution is 5.74. The van der Waals surface area contributed by atoms with E-state index in [9.17, 15) is 9.59 Å². The number of esters is 1. The van der Waals surface area contributed by atoms with Crippen molar-refractivity contribution in [3.05, 3.63) is 40.7 Å². The van der Waals surface area contributed by atoms with Crippen LogP contribution in [-0.2, 0) is 9.53 Å². The van der Waals surface area contributed by atoms with E-state index in [4.69, 9.17) is 14.2 Å². The fourth-order valence-corrected chi connectivity index (χ4v) is 2.22. The molecule has 7 nitrogen and oxygen atoms in total. The van der Waals surface area contributed by atoms with Crippen LogP contribution in [0.1, 0.15) is 19.9 Å². The van der Waals surface area contributed by atoms with Crippen LogP contribution < -0.4 is 15.0 Å². The Labute approximate surface area is 139 Å². The lowest BCUT2D eigenvalue weighted by atomic mass is 10.1. The van der Waals surface area contributed by atoms with Crippen LogP contribution in [0.5, 0.6) is 11.5 Å². The zero-order valence-electron chi connectivity index (χ0n) is 14.1. The zero-order valence-corrected chi connectivity index (χ0v) is 14.1. The number of hydrogen-bond donors (Lipinski definition) is 0. The molecule has 7 heteroatoms. The molecule has 0 unspecified atom stereocenters. The summed E-state index contributed by atoms with van der Waals surface area (Å²) in [4.78, 5) is 23.9. The molecule has 0 aliphatic carbocycles. The number of nitrogens with zero attached hydrogens (tertiary/aromatic N) is 2. The summed E-state index contributed by atoms with van der Waals surface area (Å²) >= 11 is 0. The molecule has 1 aromatic heterocycles. The van der Waals surface area contributed by atoms with Gasteiger partial charge in [0.05, 0.1) is 26.5 Å². The van der Waals surface area contributed by atoms with Crippen LogP contribution in [0.25, 0.3) is 11.3 Å². The number of aromatic nitrogens is 2. The monoisotopic (exact) mass is 332 g/mol. The minimum atomic E-state index is -0.818. The fourth-order valence-electron chi connectivity index (χ4n) is 2.22. The van der Waals surface area contributed by atoms with Crippen molar-refractivity contribution in [2.75, 3.05) is 20.8 Å². The van der Waals surface area contributed by atoms with E-state index >= 15 is 0 Å². The van der Waals surface area contributed by atoms with Gasteiger partial charge < -0.3 is 14.2 Å². The summed E-state index contributed by atoms with van der Waals surface area (Å²) in [5.74, 6) is 0.686. The molecule has 0 fully saturated rings. The molecule has 2 aromatic rings. The summed E-state index contributed by atoms with van der Waals surface area (Å²) in [5.41, 5.74) is 0.806. The third kappa shape index (κ3) is 3.56. The molecule has 0 saturated carbocycles. The van der Waals surface area contributed by atoms with Gasteiger partial charge in [-0.2, -0.15) is 5.10 Å². The van der Waals surface area contributed by atoms with E-state index < -0.39 is 12.0 Å². The zero-order chi connectivity index (χ0) is 17.7. The second-order valence-corrected chi connectivity index (χ2v) is 5.00. The van der Waals surface area contributed by atoms with Gasteiger partial charge in [0.2, 0.25) is 0 Å². The van der Waals surface area contributed by atoms with Gasteiger partial charge in [-0.05, 0) is 32.0 Å². The topological polar surface area (TPSA) is 79.7 Å². The van der Waals surface area contributed by atoms with Crippen molar-refractivity contribution >= 4 is 5.97 Å². The summed E-state index contributed by atoms with van der Waals surface area (Å²) < 4.78 is 16.6. The van der Waals surface area contributed by atoms with Gasteiger partial charge in [0, 0.05) is 17.7 Å². The van der Waals surface area contributed by atoms with Gasteiger partial charge in [-0.1, -0.05) is 0 Å². The first-order valence-corrected chi connectivity index (χ1v) is 7.50. The van der Waals surface area contributed by atoms with Crippen LogP contribution in [0.4, 0.5) is 0 Å². The third-order valence-electron chi connectivity index (χ3n) is 3.50. The smallest absolute Gasteiger partial charge is 0.330 e. The second-order valence-electron chi connectivity index (χ2n) is 5.00. The fraction of sp³-hybridized carbons (Fsp3) is 0.353. The third-order valence-corrected chi connectivity index (χ3v) is 3.50. The van der Waals surface area contributed by atoms with Gasteiger partial charge in [0.1, 0.15) is 11.5 Å². The number of benzene rings is 1. The number of hydrogen-bond acceptors (Lipinski definition) is 6. The Balaban J connectivity index is 2.48. The lowest BCUT2D eigenvalue weighted by molar-refractivity contribution is -0.147. The number of carbonyl (C=O) groups is 1. The molecular weight excluding hydrogens is 312 g/mol. The Bertz CT molecular complexity index is 785. The van der Waals surface area contributed by atoms with E-state index in [2.05, 4.69) is 5.10 Å². The summed E-state index contributed by atoms with van der Waals surface area (Å²) in [7, 11) is 3.10. The minimum Gasteiger partial charge on any atom is -0.497 e. The first kappa shape index (κ1) is 17.5. The van der Waals surface area contributed by atoms with Crippen molar-refractivity contribution < 1.29 is 19.0 Å². The SMILES string of the molecule is CCOC(=O)[C@@H](C)n1nc(-c2ccc(OC)cc2OC)ccc1=O. The average Bonchev–Trinajstić information content (AvgIpc) is 2.61. The van der Waals surface area contributed by atoms with Crippen LogP contribution >= 0.6 is 0 Å². The Morgan fingerprint density at radius 2 is 1.96 bits per heavy atom. The lowest BCUT2D eigenvalue weighted by Gasteiger charge is -2.15. The van der Waals surface area contributed by atoms with Crippen LogP contribution in [0.15, 0.2) is 35.1 Å². The van der Waals surface area contributed by atoms with Crippen LogP contribution in [0, 0.1) is 0 Å². The first-order valence-electron chi connectivity index (χ1n) is 7.50. The number of methoxy groups -OCH3 is 2. The highest BCUT2D eigenvalue weighted by Gasteiger charge is 2.20. The molecule has 0 N–H and O–H groups in total. The highest BCUT2D eigenvalue weighted by Crippen LogP contribution is 2.31. The number of carbonyl (C=O) groups excluding carboxylic acids is 1. The van der Waals surface area contributed by atoms with Gasteiger partial charge >= 0.3 is 5.97 Å². The van der Waals surface area contributed by atoms with E-state index in [0.29, 0.717) is 22.8 Å².